The number of hydrogen-bond donors (Lipinski definition) is 2. The van der Waals surface area contributed by atoms with Crippen LogP contribution >= 0.6 is 27.9 Å². The summed E-state index contributed by atoms with van der Waals surface area (Å²) in [6, 6.07) is 12.1. The smallest absolute Gasteiger partial charge is 0.172 e. The first-order valence-electron chi connectivity index (χ1n) is 8.05. The minimum atomic E-state index is 0.771. The average molecular weight is 426 g/mol. The highest BCUT2D eigenvalue weighted by Crippen LogP contribution is 2.27. The maximum absolute atomic E-state index is 5.65. The maximum atomic E-state index is 5.65. The van der Waals surface area contributed by atoms with Crippen LogP contribution in [-0.2, 0) is 0 Å². The van der Waals surface area contributed by atoms with Crippen LogP contribution in [-0.4, -0.2) is 14.6 Å². The van der Waals surface area contributed by atoms with Crippen molar-refractivity contribution in [1.82, 2.24) is 14.6 Å². The minimum absolute atomic E-state index is 0.771. The van der Waals surface area contributed by atoms with E-state index >= 15 is 0 Å². The fourth-order valence-corrected chi connectivity index (χ4v) is 3.40. The molecule has 0 saturated heterocycles. The van der Waals surface area contributed by atoms with Crippen molar-refractivity contribution in [2.75, 3.05) is 5.32 Å². The van der Waals surface area contributed by atoms with Crippen LogP contribution in [0.15, 0.2) is 82.0 Å². The molecule has 1 aliphatic rings. The van der Waals surface area contributed by atoms with E-state index in [-0.39, 0.29) is 0 Å². The Morgan fingerprint density at radius 2 is 2.04 bits per heavy atom. The molecule has 1 aromatic carbocycles. The lowest BCUT2D eigenvalue weighted by molar-refractivity contribution is 0.940. The van der Waals surface area contributed by atoms with E-state index in [1.807, 2.05) is 54.6 Å². The molecule has 1 aliphatic carbocycles. The first kappa shape index (κ1) is 17.1. The molecular formula is C19H16BrN5S. The van der Waals surface area contributed by atoms with Crippen LogP contribution in [0.25, 0.3) is 16.9 Å². The number of halogens is 1. The minimum Gasteiger partial charge on any atom is -0.343 e. The molecule has 2 aromatic heterocycles. The Morgan fingerprint density at radius 1 is 1.19 bits per heavy atom. The molecule has 0 fully saturated rings. The third-order valence-electron chi connectivity index (χ3n) is 3.99. The number of nitrogens with two attached hydrogens (primary N) is 1. The van der Waals surface area contributed by atoms with E-state index in [0.717, 1.165) is 44.2 Å². The van der Waals surface area contributed by atoms with Crippen LogP contribution < -0.4 is 10.5 Å². The van der Waals surface area contributed by atoms with E-state index in [1.165, 1.54) is 11.9 Å². The zero-order valence-electron chi connectivity index (χ0n) is 13.8. The van der Waals surface area contributed by atoms with Gasteiger partial charge in [0.1, 0.15) is 5.82 Å². The lowest BCUT2D eigenvalue weighted by Gasteiger charge is -2.12. The molecule has 0 unspecified atom stereocenters. The summed E-state index contributed by atoms with van der Waals surface area (Å²) in [6.45, 7) is 0. The van der Waals surface area contributed by atoms with Gasteiger partial charge in [0, 0.05) is 28.7 Å². The molecule has 0 saturated carbocycles. The molecule has 26 heavy (non-hydrogen) atoms. The Balaban J connectivity index is 1.78. The Bertz CT molecular complexity index is 1040. The van der Waals surface area contributed by atoms with Gasteiger partial charge in [0.25, 0.3) is 0 Å². The summed E-state index contributed by atoms with van der Waals surface area (Å²) in [4.78, 5) is 5.77. The van der Waals surface area contributed by atoms with E-state index < -0.39 is 0 Å². The quantitative estimate of drug-likeness (QED) is 0.581. The van der Waals surface area contributed by atoms with Gasteiger partial charge < -0.3 is 5.32 Å². The summed E-state index contributed by atoms with van der Waals surface area (Å²) in [5.41, 5.74) is 3.78. The first-order chi connectivity index (χ1) is 12.7. The van der Waals surface area contributed by atoms with Crippen molar-refractivity contribution in [2.45, 2.75) is 6.42 Å². The Labute approximate surface area is 164 Å². The van der Waals surface area contributed by atoms with E-state index in [0.29, 0.717) is 0 Å². The van der Waals surface area contributed by atoms with Crippen LogP contribution in [0.5, 0.6) is 0 Å². The van der Waals surface area contributed by atoms with Gasteiger partial charge >= 0.3 is 0 Å². The fourth-order valence-electron chi connectivity index (χ4n) is 2.73. The van der Waals surface area contributed by atoms with Crippen molar-refractivity contribution in [1.29, 1.82) is 0 Å². The van der Waals surface area contributed by atoms with Crippen molar-refractivity contribution in [2.24, 2.45) is 5.14 Å². The molecule has 5 nitrogen and oxygen atoms in total. The second kappa shape index (κ2) is 7.49. The van der Waals surface area contributed by atoms with Gasteiger partial charge in [0.05, 0.1) is 16.4 Å². The zero-order chi connectivity index (χ0) is 17.9. The van der Waals surface area contributed by atoms with Crippen molar-refractivity contribution >= 4 is 39.3 Å². The SMILES string of the molecule is NSC1=CC=C(Nc2cc(-c3ccccc3)nc3c(Br)cnn23)CC=C1. The lowest BCUT2D eigenvalue weighted by atomic mass is 10.1. The normalized spacial score (nSPS) is 14.1. The number of nitrogens with one attached hydrogen (secondary N) is 1. The Hall–Kier alpha value is -2.35. The molecule has 0 atom stereocenters. The van der Waals surface area contributed by atoms with Crippen LogP contribution in [0.2, 0.25) is 0 Å². The summed E-state index contributed by atoms with van der Waals surface area (Å²) in [5, 5.41) is 13.6. The molecule has 3 N–H and O–H groups in total. The summed E-state index contributed by atoms with van der Waals surface area (Å²) < 4.78 is 2.66. The number of allylic oxidation sites excluding steroid dienone is 4. The topological polar surface area (TPSA) is 68.2 Å². The fraction of sp³-hybridized carbons (Fsp3) is 0.0526. The van der Waals surface area contributed by atoms with Crippen LogP contribution in [0.4, 0.5) is 5.82 Å². The monoisotopic (exact) mass is 425 g/mol. The van der Waals surface area contributed by atoms with Gasteiger partial charge in [0.15, 0.2) is 5.65 Å². The highest BCUT2D eigenvalue weighted by molar-refractivity contribution is 9.10. The highest BCUT2D eigenvalue weighted by atomic mass is 79.9. The van der Waals surface area contributed by atoms with Crippen molar-refractivity contribution in [3.8, 4) is 11.3 Å². The van der Waals surface area contributed by atoms with Crippen LogP contribution in [0.1, 0.15) is 6.42 Å². The molecule has 7 heteroatoms. The molecule has 2 heterocycles. The van der Waals surface area contributed by atoms with Gasteiger partial charge in [-0.2, -0.15) is 9.61 Å². The standard InChI is InChI=1S/C19H16BrN5S/c20-16-12-22-25-18(23-14-7-4-8-15(26-21)10-9-14)11-17(24-19(16)25)13-5-2-1-3-6-13/h1-6,8-12,23H,7,21H2. The van der Waals surface area contributed by atoms with Crippen molar-refractivity contribution in [3.63, 3.8) is 0 Å². The van der Waals surface area contributed by atoms with Crippen molar-refractivity contribution in [3.05, 3.63) is 82.0 Å². The molecule has 0 amide bonds. The van der Waals surface area contributed by atoms with E-state index in [9.17, 15) is 0 Å². The first-order valence-corrected chi connectivity index (χ1v) is 9.73. The predicted molar refractivity (Wildman–Crippen MR) is 111 cm³/mol. The molecule has 130 valence electrons. The zero-order valence-corrected chi connectivity index (χ0v) is 16.2. The van der Waals surface area contributed by atoms with E-state index in [1.54, 1.807) is 10.7 Å². The van der Waals surface area contributed by atoms with Gasteiger partial charge in [-0.3, -0.25) is 5.14 Å². The lowest BCUT2D eigenvalue weighted by Crippen LogP contribution is -2.06. The second-order valence-corrected chi connectivity index (χ2v) is 7.29. The van der Waals surface area contributed by atoms with Crippen molar-refractivity contribution < 1.29 is 0 Å². The number of aromatic nitrogens is 3. The van der Waals surface area contributed by atoms with Gasteiger partial charge in [-0.05, 0) is 40.0 Å². The number of hydrogen-bond acceptors (Lipinski definition) is 5. The Kier molecular flexibility index (Phi) is 4.92. The van der Waals surface area contributed by atoms with E-state index in [4.69, 9.17) is 10.1 Å². The number of anilines is 1. The van der Waals surface area contributed by atoms with Gasteiger partial charge in [-0.1, -0.05) is 42.5 Å². The highest BCUT2D eigenvalue weighted by Gasteiger charge is 2.12. The van der Waals surface area contributed by atoms with Gasteiger partial charge in [0.2, 0.25) is 0 Å². The summed E-state index contributed by atoms with van der Waals surface area (Å²) in [7, 11) is 0. The second-order valence-electron chi connectivity index (χ2n) is 5.73. The molecule has 4 rings (SSSR count). The largest absolute Gasteiger partial charge is 0.343 e. The number of nitrogens with zero attached hydrogens (tertiary/aromatic N) is 3. The van der Waals surface area contributed by atoms with Crippen LogP contribution in [0, 0.1) is 0 Å². The van der Waals surface area contributed by atoms with Crippen LogP contribution in [0.3, 0.4) is 0 Å². The Morgan fingerprint density at radius 3 is 2.85 bits per heavy atom. The molecular weight excluding hydrogens is 410 g/mol. The molecule has 3 aromatic rings. The molecule has 0 bridgehead atoms. The molecule has 0 aliphatic heterocycles. The van der Waals surface area contributed by atoms with E-state index in [2.05, 4.69) is 32.4 Å². The maximum Gasteiger partial charge on any atom is 0.172 e. The summed E-state index contributed by atoms with van der Waals surface area (Å²) >= 11 is 4.78. The van der Waals surface area contributed by atoms with Gasteiger partial charge in [-0.25, -0.2) is 4.98 Å². The average Bonchev–Trinajstić information content (AvgIpc) is 2.91. The third kappa shape index (κ3) is 3.46. The predicted octanol–water partition coefficient (Wildman–Crippen LogP) is 4.91. The molecule has 0 radical (unpaired) electrons. The van der Waals surface area contributed by atoms with Gasteiger partial charge in [-0.15, -0.1) is 0 Å². The third-order valence-corrected chi connectivity index (χ3v) is 5.10. The summed E-state index contributed by atoms with van der Waals surface area (Å²) in [5.74, 6) is 0.858. The number of fused-ring (bicyclic) bond motifs is 1. The summed E-state index contributed by atoms with van der Waals surface area (Å²) in [6.07, 6.45) is 10.7. The molecule has 0 spiro atoms. The number of rotatable bonds is 4. The number of benzene rings is 1.